The Kier molecular flexibility index (Phi) is 4.72. The van der Waals surface area contributed by atoms with E-state index in [4.69, 9.17) is 4.74 Å². The number of esters is 1. The molecule has 5 heteroatoms. The monoisotopic (exact) mass is 268 g/mol. The third-order valence-corrected chi connectivity index (χ3v) is 4.40. The molecule has 0 aromatic carbocycles. The Morgan fingerprint density at radius 2 is 2.44 bits per heavy atom. The van der Waals surface area contributed by atoms with E-state index in [1.165, 1.54) is 7.11 Å². The number of thiazole rings is 1. The van der Waals surface area contributed by atoms with E-state index < -0.39 is 0 Å². The van der Waals surface area contributed by atoms with Crippen LogP contribution in [-0.2, 0) is 22.5 Å². The van der Waals surface area contributed by atoms with Crippen LogP contribution in [0.2, 0.25) is 0 Å². The number of ether oxygens (including phenoxy) is 1. The van der Waals surface area contributed by atoms with Crippen LogP contribution in [0.4, 0.5) is 0 Å². The zero-order valence-corrected chi connectivity index (χ0v) is 11.8. The van der Waals surface area contributed by atoms with Gasteiger partial charge in [-0.15, -0.1) is 11.3 Å². The number of nitrogens with zero attached hydrogens (tertiary/aromatic N) is 2. The molecule has 0 amide bonds. The average Bonchev–Trinajstić information content (AvgIpc) is 2.86. The Balaban J connectivity index is 2.02. The molecular formula is C13H20N2O2S. The predicted octanol–water partition coefficient (Wildman–Crippen LogP) is 2.23. The van der Waals surface area contributed by atoms with Crippen molar-refractivity contribution >= 4 is 17.3 Å². The Hall–Kier alpha value is -0.940. The minimum Gasteiger partial charge on any atom is -0.468 e. The molecule has 2 rings (SSSR count). The van der Waals surface area contributed by atoms with Crippen LogP contribution in [0.15, 0.2) is 5.38 Å². The van der Waals surface area contributed by atoms with Crippen LogP contribution in [-0.4, -0.2) is 35.5 Å². The normalized spacial score (nSPS) is 20.9. The van der Waals surface area contributed by atoms with Crippen LogP contribution in [0, 0.1) is 0 Å². The van der Waals surface area contributed by atoms with E-state index in [-0.39, 0.29) is 12.0 Å². The van der Waals surface area contributed by atoms with E-state index in [0.29, 0.717) is 0 Å². The van der Waals surface area contributed by atoms with Crippen molar-refractivity contribution in [3.05, 3.63) is 16.1 Å². The summed E-state index contributed by atoms with van der Waals surface area (Å²) in [4.78, 5) is 18.5. The van der Waals surface area contributed by atoms with Crippen molar-refractivity contribution in [2.75, 3.05) is 13.7 Å². The molecule has 1 aromatic rings. The molecule has 0 radical (unpaired) electrons. The van der Waals surface area contributed by atoms with Gasteiger partial charge in [0.15, 0.2) is 0 Å². The smallest absolute Gasteiger partial charge is 0.323 e. The quantitative estimate of drug-likeness (QED) is 0.785. The van der Waals surface area contributed by atoms with E-state index >= 15 is 0 Å². The molecule has 0 N–H and O–H groups in total. The molecule has 2 heterocycles. The van der Waals surface area contributed by atoms with Crippen LogP contribution in [0.5, 0.6) is 0 Å². The van der Waals surface area contributed by atoms with E-state index in [2.05, 4.69) is 22.2 Å². The van der Waals surface area contributed by atoms with Crippen LogP contribution >= 0.6 is 11.3 Å². The first kappa shape index (κ1) is 13.5. The highest BCUT2D eigenvalue weighted by molar-refractivity contribution is 7.09. The number of aromatic nitrogens is 1. The number of rotatable bonds is 4. The van der Waals surface area contributed by atoms with Gasteiger partial charge in [0.1, 0.15) is 6.04 Å². The van der Waals surface area contributed by atoms with Crippen LogP contribution in [0.3, 0.4) is 0 Å². The van der Waals surface area contributed by atoms with Gasteiger partial charge in [-0.3, -0.25) is 9.69 Å². The second-order valence-electron chi connectivity index (χ2n) is 4.59. The van der Waals surface area contributed by atoms with Gasteiger partial charge in [-0.2, -0.15) is 0 Å². The molecule has 1 saturated heterocycles. The summed E-state index contributed by atoms with van der Waals surface area (Å²) in [6.07, 6.45) is 4.13. The lowest BCUT2D eigenvalue weighted by Gasteiger charge is -2.33. The number of aryl methyl sites for hydroxylation is 1. The second kappa shape index (κ2) is 6.29. The lowest BCUT2D eigenvalue weighted by molar-refractivity contribution is -0.148. The minimum atomic E-state index is -0.111. The summed E-state index contributed by atoms with van der Waals surface area (Å²) in [7, 11) is 1.47. The third-order valence-electron chi connectivity index (χ3n) is 3.35. The van der Waals surface area contributed by atoms with E-state index in [0.717, 1.165) is 49.5 Å². The standard InChI is InChI=1S/C13H20N2O2S/c1-3-12-14-10(9-18-12)8-15-7-5-4-6-11(15)13(16)17-2/h9,11H,3-8H2,1-2H3. The summed E-state index contributed by atoms with van der Waals surface area (Å²) in [6, 6.07) is -0.0875. The fourth-order valence-electron chi connectivity index (χ4n) is 2.38. The topological polar surface area (TPSA) is 42.4 Å². The van der Waals surface area contributed by atoms with Gasteiger partial charge in [0.25, 0.3) is 0 Å². The van der Waals surface area contributed by atoms with E-state index in [1.54, 1.807) is 11.3 Å². The second-order valence-corrected chi connectivity index (χ2v) is 5.53. The van der Waals surface area contributed by atoms with Crippen LogP contribution in [0.1, 0.15) is 36.9 Å². The maximum Gasteiger partial charge on any atom is 0.323 e. The number of methoxy groups -OCH3 is 1. The Labute approximate surface area is 112 Å². The molecule has 1 aliphatic rings. The molecule has 0 spiro atoms. The third kappa shape index (κ3) is 3.09. The Morgan fingerprint density at radius 3 is 3.11 bits per heavy atom. The summed E-state index contributed by atoms with van der Waals surface area (Å²) in [6.45, 7) is 3.83. The minimum absolute atomic E-state index is 0.0875. The molecule has 0 aliphatic carbocycles. The summed E-state index contributed by atoms with van der Waals surface area (Å²) in [5.41, 5.74) is 1.08. The highest BCUT2D eigenvalue weighted by Gasteiger charge is 2.29. The maximum atomic E-state index is 11.7. The average molecular weight is 268 g/mol. The lowest BCUT2D eigenvalue weighted by atomic mass is 10.0. The number of piperidine rings is 1. The van der Waals surface area contributed by atoms with Crippen LogP contribution in [0.25, 0.3) is 0 Å². The maximum absolute atomic E-state index is 11.7. The zero-order valence-electron chi connectivity index (χ0n) is 11.0. The number of hydrogen-bond donors (Lipinski definition) is 0. The lowest BCUT2D eigenvalue weighted by Crippen LogP contribution is -2.44. The molecule has 1 aliphatic heterocycles. The first-order valence-corrected chi connectivity index (χ1v) is 7.37. The number of carbonyl (C=O) groups excluding carboxylic acids is 1. The first-order chi connectivity index (χ1) is 8.74. The van der Waals surface area contributed by atoms with Crippen molar-refractivity contribution in [1.82, 2.24) is 9.88 Å². The van der Waals surface area contributed by atoms with Crippen molar-refractivity contribution in [1.29, 1.82) is 0 Å². The van der Waals surface area contributed by atoms with Crippen molar-refractivity contribution in [3.63, 3.8) is 0 Å². The Bertz CT molecular complexity index is 405. The highest BCUT2D eigenvalue weighted by Crippen LogP contribution is 2.21. The van der Waals surface area contributed by atoms with Gasteiger partial charge in [-0.1, -0.05) is 13.3 Å². The summed E-state index contributed by atoms with van der Waals surface area (Å²) >= 11 is 1.70. The molecule has 0 bridgehead atoms. The van der Waals surface area contributed by atoms with Gasteiger partial charge in [-0.25, -0.2) is 4.98 Å². The summed E-state index contributed by atoms with van der Waals surface area (Å²) in [5, 5.41) is 3.26. The zero-order chi connectivity index (χ0) is 13.0. The van der Waals surface area contributed by atoms with Crippen molar-refractivity contribution in [2.45, 2.75) is 45.2 Å². The van der Waals surface area contributed by atoms with Crippen LogP contribution < -0.4 is 0 Å². The van der Waals surface area contributed by atoms with Crippen molar-refractivity contribution in [2.24, 2.45) is 0 Å². The Morgan fingerprint density at radius 1 is 1.61 bits per heavy atom. The summed E-state index contributed by atoms with van der Waals surface area (Å²) in [5.74, 6) is -0.111. The van der Waals surface area contributed by atoms with Gasteiger partial charge in [0.2, 0.25) is 0 Å². The largest absolute Gasteiger partial charge is 0.468 e. The molecule has 0 saturated carbocycles. The highest BCUT2D eigenvalue weighted by atomic mass is 32.1. The van der Waals surface area contributed by atoms with Gasteiger partial charge in [0.05, 0.1) is 17.8 Å². The molecule has 1 atom stereocenters. The van der Waals surface area contributed by atoms with E-state index in [9.17, 15) is 4.79 Å². The predicted molar refractivity (Wildman–Crippen MR) is 71.6 cm³/mol. The van der Waals surface area contributed by atoms with E-state index in [1.807, 2.05) is 0 Å². The molecule has 4 nitrogen and oxygen atoms in total. The molecule has 1 fully saturated rings. The van der Waals surface area contributed by atoms with Gasteiger partial charge in [0, 0.05) is 11.9 Å². The number of hydrogen-bond acceptors (Lipinski definition) is 5. The van der Waals surface area contributed by atoms with Gasteiger partial charge in [-0.05, 0) is 25.8 Å². The SMILES string of the molecule is CCc1nc(CN2CCCCC2C(=O)OC)cs1. The van der Waals surface area contributed by atoms with Gasteiger partial charge < -0.3 is 4.74 Å². The molecule has 100 valence electrons. The molecule has 1 aromatic heterocycles. The molecule has 1 unspecified atom stereocenters. The fraction of sp³-hybridized carbons (Fsp3) is 0.692. The van der Waals surface area contributed by atoms with Crippen molar-refractivity contribution in [3.8, 4) is 0 Å². The number of carbonyl (C=O) groups is 1. The fourth-order valence-corrected chi connectivity index (χ4v) is 3.11. The first-order valence-electron chi connectivity index (χ1n) is 6.49. The molecular weight excluding hydrogens is 248 g/mol. The number of likely N-dealkylation sites (tertiary alicyclic amines) is 1. The van der Waals surface area contributed by atoms with Gasteiger partial charge >= 0.3 is 5.97 Å². The molecule has 18 heavy (non-hydrogen) atoms. The summed E-state index contributed by atoms with van der Waals surface area (Å²) < 4.78 is 4.89. The van der Waals surface area contributed by atoms with Crippen molar-refractivity contribution < 1.29 is 9.53 Å².